The number of benzene rings is 1. The second kappa shape index (κ2) is 8.34. The first kappa shape index (κ1) is 19.6. The zero-order valence-corrected chi connectivity index (χ0v) is 17.8. The van der Waals surface area contributed by atoms with Crippen molar-refractivity contribution in [3.8, 4) is 17.1 Å². The van der Waals surface area contributed by atoms with E-state index in [9.17, 15) is 0 Å². The minimum Gasteiger partial charge on any atom is -0.338 e. The molecule has 0 bridgehead atoms. The number of aryl methyl sites for hydroxylation is 1. The molecule has 0 amide bonds. The topological polar surface area (TPSA) is 82.5 Å². The number of halogens is 1. The van der Waals surface area contributed by atoms with Crippen LogP contribution in [0.5, 0.6) is 0 Å². The summed E-state index contributed by atoms with van der Waals surface area (Å²) >= 11 is 7.90. The summed E-state index contributed by atoms with van der Waals surface area (Å²) in [6.45, 7) is 5.98. The van der Waals surface area contributed by atoms with E-state index in [0.29, 0.717) is 27.7 Å². The molecule has 4 rings (SSSR count). The van der Waals surface area contributed by atoms with Crippen molar-refractivity contribution in [1.82, 2.24) is 29.9 Å². The molecule has 29 heavy (non-hydrogen) atoms. The molecular formula is C20H19ClN6OS. The number of pyridine rings is 1. The van der Waals surface area contributed by atoms with Gasteiger partial charge in [-0.15, -0.1) is 10.2 Å². The number of hydrogen-bond donors (Lipinski definition) is 0. The van der Waals surface area contributed by atoms with Gasteiger partial charge in [0.25, 0.3) is 0 Å². The second-order valence-electron chi connectivity index (χ2n) is 6.42. The fourth-order valence-electron chi connectivity index (χ4n) is 2.87. The van der Waals surface area contributed by atoms with Gasteiger partial charge in [-0.1, -0.05) is 41.5 Å². The molecule has 1 aromatic carbocycles. The number of hydrogen-bond acceptors (Lipinski definition) is 7. The zero-order valence-electron chi connectivity index (χ0n) is 16.2. The van der Waals surface area contributed by atoms with Crippen LogP contribution in [0.25, 0.3) is 17.1 Å². The van der Waals surface area contributed by atoms with E-state index in [1.165, 1.54) is 11.8 Å². The standard InChI is InChI=1S/C20H19ClN6OS/c1-4-17-23-19(28-26-17)13(3)29-20-25-24-18(14-8-10-22-11-9-14)27(20)16-7-5-6-15(21)12(16)2/h5-11,13H,4H2,1-3H3. The fraction of sp³-hybridized carbons (Fsp3) is 0.250. The smallest absolute Gasteiger partial charge is 0.239 e. The van der Waals surface area contributed by atoms with Crippen LogP contribution < -0.4 is 0 Å². The Hall–Kier alpha value is -2.71. The van der Waals surface area contributed by atoms with Crippen molar-refractivity contribution in [2.24, 2.45) is 0 Å². The lowest BCUT2D eigenvalue weighted by Crippen LogP contribution is -2.03. The fourth-order valence-corrected chi connectivity index (χ4v) is 3.93. The highest BCUT2D eigenvalue weighted by Gasteiger charge is 2.23. The molecule has 0 saturated heterocycles. The van der Waals surface area contributed by atoms with Crippen LogP contribution >= 0.6 is 23.4 Å². The first-order valence-corrected chi connectivity index (χ1v) is 10.4. The Balaban J connectivity index is 1.80. The molecule has 0 N–H and O–H groups in total. The average Bonchev–Trinajstić information content (AvgIpc) is 3.38. The molecule has 0 aliphatic heterocycles. The second-order valence-corrected chi connectivity index (χ2v) is 8.14. The van der Waals surface area contributed by atoms with Crippen molar-refractivity contribution < 1.29 is 4.52 Å². The first-order chi connectivity index (χ1) is 14.1. The largest absolute Gasteiger partial charge is 0.338 e. The summed E-state index contributed by atoms with van der Waals surface area (Å²) in [4.78, 5) is 8.54. The lowest BCUT2D eigenvalue weighted by molar-refractivity contribution is 0.375. The monoisotopic (exact) mass is 426 g/mol. The molecular weight excluding hydrogens is 408 g/mol. The van der Waals surface area contributed by atoms with Crippen molar-refractivity contribution in [2.45, 2.75) is 37.6 Å². The SMILES string of the molecule is CCc1noc(C(C)Sc2nnc(-c3ccncc3)n2-c2cccc(Cl)c2C)n1. The van der Waals surface area contributed by atoms with Gasteiger partial charge in [-0.05, 0) is 43.7 Å². The highest BCUT2D eigenvalue weighted by atomic mass is 35.5. The summed E-state index contributed by atoms with van der Waals surface area (Å²) in [5, 5.41) is 14.2. The molecule has 9 heteroatoms. The predicted octanol–water partition coefficient (Wildman–Crippen LogP) is 5.09. The van der Waals surface area contributed by atoms with Gasteiger partial charge in [0.15, 0.2) is 16.8 Å². The number of rotatable bonds is 6. The van der Waals surface area contributed by atoms with E-state index in [2.05, 4.69) is 25.3 Å². The van der Waals surface area contributed by atoms with E-state index in [1.807, 2.05) is 55.7 Å². The number of nitrogens with zero attached hydrogens (tertiary/aromatic N) is 6. The molecule has 148 valence electrons. The Morgan fingerprint density at radius 1 is 1.17 bits per heavy atom. The third-order valence-electron chi connectivity index (χ3n) is 4.48. The van der Waals surface area contributed by atoms with Crippen LogP contribution in [0.15, 0.2) is 52.4 Å². The highest BCUT2D eigenvalue weighted by Crippen LogP contribution is 2.37. The molecule has 4 aromatic rings. The van der Waals surface area contributed by atoms with Crippen LogP contribution in [0.1, 0.15) is 36.4 Å². The molecule has 0 saturated carbocycles. The lowest BCUT2D eigenvalue weighted by atomic mass is 10.2. The molecule has 0 aliphatic rings. The minimum absolute atomic E-state index is 0.0875. The molecule has 0 aliphatic carbocycles. The van der Waals surface area contributed by atoms with Gasteiger partial charge in [-0.25, -0.2) is 0 Å². The summed E-state index contributed by atoms with van der Waals surface area (Å²) in [7, 11) is 0. The molecule has 7 nitrogen and oxygen atoms in total. The molecule has 1 atom stereocenters. The van der Waals surface area contributed by atoms with Crippen LogP contribution in [-0.2, 0) is 6.42 Å². The zero-order chi connectivity index (χ0) is 20.4. The lowest BCUT2D eigenvalue weighted by Gasteiger charge is -2.14. The Bertz CT molecular complexity index is 1130. The number of aromatic nitrogens is 6. The Morgan fingerprint density at radius 3 is 2.69 bits per heavy atom. The highest BCUT2D eigenvalue weighted by molar-refractivity contribution is 7.99. The minimum atomic E-state index is -0.0875. The average molecular weight is 427 g/mol. The molecule has 0 radical (unpaired) electrons. The molecule has 0 fully saturated rings. The normalized spacial score (nSPS) is 12.3. The number of thioether (sulfide) groups is 1. The van der Waals surface area contributed by atoms with Crippen LogP contribution in [0.2, 0.25) is 5.02 Å². The van der Waals surface area contributed by atoms with Crippen molar-refractivity contribution in [1.29, 1.82) is 0 Å². The third-order valence-corrected chi connectivity index (χ3v) is 5.92. The third kappa shape index (κ3) is 3.90. The van der Waals surface area contributed by atoms with Crippen molar-refractivity contribution in [2.75, 3.05) is 0 Å². The molecule has 1 unspecified atom stereocenters. The molecule has 3 aromatic heterocycles. The van der Waals surface area contributed by atoms with Gasteiger partial charge >= 0.3 is 0 Å². The Kier molecular flexibility index (Phi) is 5.64. The van der Waals surface area contributed by atoms with Crippen molar-refractivity contribution in [3.63, 3.8) is 0 Å². The maximum atomic E-state index is 6.40. The van der Waals surface area contributed by atoms with Gasteiger partial charge in [0, 0.05) is 29.4 Å². The van der Waals surface area contributed by atoms with Gasteiger partial charge in [-0.2, -0.15) is 4.98 Å². The van der Waals surface area contributed by atoms with E-state index in [4.69, 9.17) is 16.1 Å². The summed E-state index contributed by atoms with van der Waals surface area (Å²) in [5.41, 5.74) is 2.78. The van der Waals surface area contributed by atoms with Gasteiger partial charge < -0.3 is 4.52 Å². The van der Waals surface area contributed by atoms with E-state index >= 15 is 0 Å². The summed E-state index contributed by atoms with van der Waals surface area (Å²) in [6.07, 6.45) is 4.20. The maximum absolute atomic E-state index is 6.40. The van der Waals surface area contributed by atoms with Gasteiger partial charge in [-0.3, -0.25) is 9.55 Å². The van der Waals surface area contributed by atoms with Crippen LogP contribution in [-0.4, -0.2) is 29.9 Å². The van der Waals surface area contributed by atoms with Crippen LogP contribution in [0.4, 0.5) is 0 Å². The summed E-state index contributed by atoms with van der Waals surface area (Å²) in [5.74, 6) is 1.97. The van der Waals surface area contributed by atoms with Gasteiger partial charge in [0.1, 0.15) is 0 Å². The summed E-state index contributed by atoms with van der Waals surface area (Å²) in [6, 6.07) is 9.61. The van der Waals surface area contributed by atoms with Gasteiger partial charge in [0.05, 0.1) is 10.9 Å². The van der Waals surface area contributed by atoms with Crippen molar-refractivity contribution in [3.05, 3.63) is 65.0 Å². The summed E-state index contributed by atoms with van der Waals surface area (Å²) < 4.78 is 7.41. The predicted molar refractivity (Wildman–Crippen MR) is 112 cm³/mol. The molecule has 0 spiro atoms. The van der Waals surface area contributed by atoms with Crippen LogP contribution in [0, 0.1) is 6.92 Å². The maximum Gasteiger partial charge on any atom is 0.239 e. The Labute approximate surface area is 177 Å². The van der Waals surface area contributed by atoms with Crippen LogP contribution in [0.3, 0.4) is 0 Å². The van der Waals surface area contributed by atoms with Crippen molar-refractivity contribution >= 4 is 23.4 Å². The van der Waals surface area contributed by atoms with E-state index < -0.39 is 0 Å². The van der Waals surface area contributed by atoms with Gasteiger partial charge in [0.2, 0.25) is 5.89 Å². The Morgan fingerprint density at radius 2 is 1.97 bits per heavy atom. The van der Waals surface area contributed by atoms with E-state index in [0.717, 1.165) is 23.2 Å². The quantitative estimate of drug-likeness (QED) is 0.397. The van der Waals surface area contributed by atoms with E-state index in [1.54, 1.807) is 12.4 Å². The molecule has 3 heterocycles. The first-order valence-electron chi connectivity index (χ1n) is 9.19. The van der Waals surface area contributed by atoms with E-state index in [-0.39, 0.29) is 5.25 Å².